The van der Waals surface area contributed by atoms with Crippen LogP contribution in [0.25, 0.3) is 0 Å². The van der Waals surface area contributed by atoms with Gasteiger partial charge in [0.25, 0.3) is 0 Å². The normalized spacial score (nSPS) is 18.3. The zero-order valence-corrected chi connectivity index (χ0v) is 13.8. The van der Waals surface area contributed by atoms with Crippen LogP contribution >= 0.6 is 11.3 Å². The van der Waals surface area contributed by atoms with Gasteiger partial charge in [-0.15, -0.1) is 11.3 Å². The lowest BCUT2D eigenvalue weighted by Crippen LogP contribution is -2.42. The van der Waals surface area contributed by atoms with Gasteiger partial charge >= 0.3 is 0 Å². The average Bonchev–Trinajstić information content (AvgIpc) is 3.15. The molecule has 0 saturated heterocycles. The third kappa shape index (κ3) is 3.29. The highest BCUT2D eigenvalue weighted by Gasteiger charge is 2.38. The lowest BCUT2D eigenvalue weighted by atomic mass is 9.97. The summed E-state index contributed by atoms with van der Waals surface area (Å²) >= 11 is 1.60. The minimum atomic E-state index is -1.23. The maximum Gasteiger partial charge on any atom is 0.131 e. The first-order valence-electron chi connectivity index (χ1n) is 7.81. The molecule has 0 bridgehead atoms. The summed E-state index contributed by atoms with van der Waals surface area (Å²) in [5.41, 5.74) is 0.406. The molecule has 1 aromatic carbocycles. The second kappa shape index (κ2) is 6.63. The van der Waals surface area contributed by atoms with Gasteiger partial charge in [0.2, 0.25) is 0 Å². The van der Waals surface area contributed by atoms with Crippen molar-refractivity contribution in [2.75, 3.05) is 6.54 Å². The van der Waals surface area contributed by atoms with Gasteiger partial charge in [-0.2, -0.15) is 0 Å². The van der Waals surface area contributed by atoms with Crippen molar-refractivity contribution in [3.63, 3.8) is 0 Å². The Morgan fingerprint density at radius 1 is 1.30 bits per heavy atom. The standard InChI is InChI=1S/C17H20F2N2OS/c1-11-10-23-16(21-11)17(7-2-3-8-17)20-9-14(22)15-12(18)5-4-6-13(15)19/h4-6,10,14,20,22H,2-3,7-9H2,1H3. The smallest absolute Gasteiger partial charge is 0.131 e. The summed E-state index contributed by atoms with van der Waals surface area (Å²) in [6.45, 7) is 2.04. The number of thiazole rings is 1. The molecule has 2 aromatic rings. The fourth-order valence-electron chi connectivity index (χ4n) is 3.24. The van der Waals surface area contributed by atoms with Gasteiger partial charge in [-0.3, -0.25) is 0 Å². The molecule has 3 rings (SSSR count). The molecule has 1 heterocycles. The molecule has 1 unspecified atom stereocenters. The fourth-order valence-corrected chi connectivity index (χ4v) is 4.28. The van der Waals surface area contributed by atoms with Crippen LogP contribution in [-0.2, 0) is 5.54 Å². The van der Waals surface area contributed by atoms with Crippen molar-refractivity contribution < 1.29 is 13.9 Å². The quantitative estimate of drug-likeness (QED) is 0.871. The topological polar surface area (TPSA) is 45.1 Å². The van der Waals surface area contributed by atoms with Crippen LogP contribution in [0.1, 0.15) is 48.1 Å². The molecule has 1 aliphatic carbocycles. The van der Waals surface area contributed by atoms with E-state index in [0.717, 1.165) is 48.5 Å². The highest BCUT2D eigenvalue weighted by atomic mass is 32.1. The lowest BCUT2D eigenvalue weighted by molar-refractivity contribution is 0.147. The number of nitrogens with one attached hydrogen (secondary N) is 1. The van der Waals surface area contributed by atoms with Gasteiger partial charge in [0.1, 0.15) is 16.6 Å². The number of aryl methyl sites for hydroxylation is 1. The zero-order chi connectivity index (χ0) is 16.4. The Kier molecular flexibility index (Phi) is 4.75. The summed E-state index contributed by atoms with van der Waals surface area (Å²) < 4.78 is 27.6. The summed E-state index contributed by atoms with van der Waals surface area (Å²) in [5.74, 6) is -1.44. The first-order chi connectivity index (χ1) is 11.0. The monoisotopic (exact) mass is 338 g/mol. The number of hydrogen-bond acceptors (Lipinski definition) is 4. The van der Waals surface area contributed by atoms with Crippen LogP contribution in [0.2, 0.25) is 0 Å². The number of halogens is 2. The van der Waals surface area contributed by atoms with Gasteiger partial charge in [-0.1, -0.05) is 18.9 Å². The molecule has 2 N–H and O–H groups in total. The molecule has 1 aromatic heterocycles. The van der Waals surface area contributed by atoms with E-state index in [1.807, 2.05) is 12.3 Å². The fraction of sp³-hybridized carbons (Fsp3) is 0.471. The van der Waals surface area contributed by atoms with Crippen LogP contribution in [0.15, 0.2) is 23.6 Å². The van der Waals surface area contributed by atoms with E-state index in [1.165, 1.54) is 6.07 Å². The second-order valence-corrected chi connectivity index (χ2v) is 6.97. The Morgan fingerprint density at radius 3 is 2.52 bits per heavy atom. The first kappa shape index (κ1) is 16.5. The van der Waals surface area contributed by atoms with Gasteiger partial charge < -0.3 is 10.4 Å². The van der Waals surface area contributed by atoms with Gasteiger partial charge in [-0.05, 0) is 31.9 Å². The average molecular weight is 338 g/mol. The predicted molar refractivity (Wildman–Crippen MR) is 86.3 cm³/mol. The highest BCUT2D eigenvalue weighted by molar-refractivity contribution is 7.09. The van der Waals surface area contributed by atoms with Crippen molar-refractivity contribution in [2.45, 2.75) is 44.2 Å². The Labute approximate surface area is 138 Å². The third-order valence-corrected chi connectivity index (χ3v) is 5.62. The number of benzene rings is 1. The van der Waals surface area contributed by atoms with Gasteiger partial charge in [0.05, 0.1) is 17.2 Å². The highest BCUT2D eigenvalue weighted by Crippen LogP contribution is 2.40. The summed E-state index contributed by atoms with van der Waals surface area (Å²) in [7, 11) is 0. The summed E-state index contributed by atoms with van der Waals surface area (Å²) in [6.07, 6.45) is 2.78. The number of nitrogens with zero attached hydrogens (tertiary/aromatic N) is 1. The van der Waals surface area contributed by atoms with E-state index in [9.17, 15) is 13.9 Å². The van der Waals surface area contributed by atoms with Crippen LogP contribution < -0.4 is 5.32 Å². The molecule has 1 aliphatic rings. The zero-order valence-electron chi connectivity index (χ0n) is 13.0. The van der Waals surface area contributed by atoms with Crippen LogP contribution in [0.4, 0.5) is 8.78 Å². The molecule has 0 spiro atoms. The van der Waals surface area contributed by atoms with Crippen molar-refractivity contribution in [3.05, 3.63) is 51.5 Å². The molecular formula is C17H20F2N2OS. The molecule has 0 aliphatic heterocycles. The maximum absolute atomic E-state index is 13.8. The second-order valence-electron chi connectivity index (χ2n) is 6.12. The number of aliphatic hydroxyl groups excluding tert-OH is 1. The summed E-state index contributed by atoms with van der Waals surface area (Å²) in [4.78, 5) is 4.58. The van der Waals surface area contributed by atoms with E-state index in [2.05, 4.69) is 10.3 Å². The van der Waals surface area contributed by atoms with E-state index in [4.69, 9.17) is 0 Å². The largest absolute Gasteiger partial charge is 0.387 e. The Bertz CT molecular complexity index is 663. The van der Waals surface area contributed by atoms with Gasteiger partial charge in [0.15, 0.2) is 0 Å². The minimum absolute atomic E-state index is 0.0937. The first-order valence-corrected chi connectivity index (χ1v) is 8.69. The molecule has 1 atom stereocenters. The summed E-state index contributed by atoms with van der Waals surface area (Å²) in [6, 6.07) is 3.62. The van der Waals surface area contributed by atoms with Crippen molar-refractivity contribution in [1.82, 2.24) is 10.3 Å². The lowest BCUT2D eigenvalue weighted by Gasteiger charge is -2.29. The summed E-state index contributed by atoms with van der Waals surface area (Å²) in [5, 5.41) is 16.6. The third-order valence-electron chi connectivity index (χ3n) is 4.45. The maximum atomic E-state index is 13.8. The molecule has 6 heteroatoms. The number of aromatic nitrogens is 1. The van der Waals surface area contributed by atoms with E-state index in [-0.39, 0.29) is 17.6 Å². The van der Waals surface area contributed by atoms with E-state index in [0.29, 0.717) is 0 Å². The van der Waals surface area contributed by atoms with Crippen LogP contribution in [0.5, 0.6) is 0 Å². The number of hydrogen-bond donors (Lipinski definition) is 2. The molecule has 3 nitrogen and oxygen atoms in total. The van der Waals surface area contributed by atoms with E-state index >= 15 is 0 Å². The van der Waals surface area contributed by atoms with Crippen LogP contribution in [-0.4, -0.2) is 16.6 Å². The molecule has 1 saturated carbocycles. The molecular weight excluding hydrogens is 318 g/mol. The van der Waals surface area contributed by atoms with Crippen LogP contribution in [0, 0.1) is 18.6 Å². The molecule has 124 valence electrons. The van der Waals surface area contributed by atoms with Crippen molar-refractivity contribution in [3.8, 4) is 0 Å². The molecule has 0 radical (unpaired) electrons. The Morgan fingerprint density at radius 2 is 1.96 bits per heavy atom. The van der Waals surface area contributed by atoms with Crippen molar-refractivity contribution >= 4 is 11.3 Å². The Hall–Kier alpha value is -1.37. The van der Waals surface area contributed by atoms with Crippen molar-refractivity contribution in [2.24, 2.45) is 0 Å². The Balaban J connectivity index is 1.77. The molecule has 23 heavy (non-hydrogen) atoms. The van der Waals surface area contributed by atoms with Crippen molar-refractivity contribution in [1.29, 1.82) is 0 Å². The van der Waals surface area contributed by atoms with E-state index < -0.39 is 17.7 Å². The SMILES string of the molecule is Cc1csc(C2(NCC(O)c3c(F)cccc3F)CCCC2)n1. The molecule has 1 fully saturated rings. The minimum Gasteiger partial charge on any atom is -0.387 e. The predicted octanol–water partition coefficient (Wildman–Crippen LogP) is 3.82. The van der Waals surface area contributed by atoms with Gasteiger partial charge in [-0.25, -0.2) is 13.8 Å². The number of rotatable bonds is 5. The molecule has 0 amide bonds. The van der Waals surface area contributed by atoms with Gasteiger partial charge in [0, 0.05) is 17.6 Å². The number of aliphatic hydroxyl groups is 1. The van der Waals surface area contributed by atoms with E-state index in [1.54, 1.807) is 11.3 Å². The van der Waals surface area contributed by atoms with Crippen LogP contribution in [0.3, 0.4) is 0 Å².